The van der Waals surface area contributed by atoms with Gasteiger partial charge in [-0.15, -0.1) is 0 Å². The predicted molar refractivity (Wildman–Crippen MR) is 79.9 cm³/mol. The first-order valence-electron chi connectivity index (χ1n) is 7.62. The average Bonchev–Trinajstić information content (AvgIpc) is 2.58. The van der Waals surface area contributed by atoms with Gasteiger partial charge < -0.3 is 9.31 Å². The first-order valence-corrected chi connectivity index (χ1v) is 7.62. The van der Waals surface area contributed by atoms with Crippen molar-refractivity contribution in [1.82, 2.24) is 0 Å². The van der Waals surface area contributed by atoms with Gasteiger partial charge in [-0.3, -0.25) is 0 Å². The molecule has 0 aliphatic heterocycles. The van der Waals surface area contributed by atoms with Crippen LogP contribution in [0.5, 0.6) is 11.5 Å². The van der Waals surface area contributed by atoms with Gasteiger partial charge in [-0.25, -0.2) is 0 Å². The van der Waals surface area contributed by atoms with Gasteiger partial charge in [-0.1, -0.05) is 0 Å². The van der Waals surface area contributed by atoms with E-state index in [1.54, 1.807) is 0 Å². The van der Waals surface area contributed by atoms with Gasteiger partial charge in [0, 0.05) is 0 Å². The molecule has 0 aromatic heterocycles. The van der Waals surface area contributed by atoms with Crippen molar-refractivity contribution < 1.29 is 62.0 Å². The number of hydrogen-bond donors (Lipinski definition) is 0. The Balaban J connectivity index is 2.29. The molecule has 2 rings (SSSR count). The summed E-state index contributed by atoms with van der Waals surface area (Å²) in [5.74, 6) is -2.50. The van der Waals surface area contributed by atoms with E-state index < -0.39 is 58.5 Å². The first kappa shape index (κ1) is 24.5. The first-order chi connectivity index (χ1) is 13.9. The number of benzene rings is 2. The van der Waals surface area contributed by atoms with Gasteiger partial charge in [0.1, 0.15) is 11.5 Å². The summed E-state index contributed by atoms with van der Waals surface area (Å²) < 4.78 is 162. The molecule has 0 unspecified atom stereocenters. The third-order valence-electron chi connectivity index (χ3n) is 3.57. The number of alkyl halides is 12. The molecule has 0 aliphatic rings. The third kappa shape index (κ3) is 6.13. The Kier molecular flexibility index (Phi) is 6.39. The van der Waals surface area contributed by atoms with Gasteiger partial charge in [0.25, 0.3) is 0 Å². The fourth-order valence-electron chi connectivity index (χ4n) is 2.19. The fraction of sp³-hybridized carbons (Fsp3) is 0.250. The third-order valence-corrected chi connectivity index (χ3v) is 3.57. The Morgan fingerprint density at radius 3 is 1.06 bits per heavy atom. The maximum Gasteiger partial charge on any atom is 0.658 e. The normalized spacial score (nSPS) is 13.2. The van der Waals surface area contributed by atoms with E-state index in [0.29, 0.717) is 0 Å². The van der Waals surface area contributed by atoms with Crippen LogP contribution in [0.25, 0.3) is 0 Å². The van der Waals surface area contributed by atoms with Crippen molar-refractivity contribution >= 4 is 7.69 Å². The molecule has 0 fully saturated rings. The van der Waals surface area contributed by atoms with Crippen molar-refractivity contribution in [3.8, 4) is 11.5 Å². The van der Waals surface area contributed by atoms with Gasteiger partial charge in [-0.2, -0.15) is 52.7 Å². The van der Waals surface area contributed by atoms with E-state index in [9.17, 15) is 52.7 Å². The van der Waals surface area contributed by atoms with E-state index in [-0.39, 0.29) is 44.1 Å². The average molecular weight is 469 g/mol. The summed E-state index contributed by atoms with van der Waals surface area (Å²) in [5.41, 5.74) is -7.17. The van der Waals surface area contributed by atoms with Gasteiger partial charge >= 0.3 is 32.4 Å². The smallest absolute Gasteiger partial charge is 0.526 e. The van der Waals surface area contributed by atoms with Crippen LogP contribution in [0.4, 0.5) is 52.7 Å². The van der Waals surface area contributed by atoms with Gasteiger partial charge in [0.2, 0.25) is 0 Å². The van der Waals surface area contributed by atoms with E-state index >= 15 is 0 Å². The topological polar surface area (TPSA) is 18.5 Å². The van der Waals surface area contributed by atoms with Crippen LogP contribution in [0.3, 0.4) is 0 Å². The number of rotatable bonds is 4. The van der Waals surface area contributed by atoms with Gasteiger partial charge in [0.15, 0.2) is 0 Å². The summed E-state index contributed by atoms with van der Waals surface area (Å²) in [6.45, 7) is 0. The highest BCUT2D eigenvalue weighted by Gasteiger charge is 2.40. The second kappa shape index (κ2) is 8.07. The van der Waals surface area contributed by atoms with Crippen LogP contribution in [0.1, 0.15) is 22.3 Å². The molecule has 0 saturated carbocycles. The van der Waals surface area contributed by atoms with Gasteiger partial charge in [-0.05, 0) is 36.4 Å². The van der Waals surface area contributed by atoms with Crippen molar-refractivity contribution in [3.05, 3.63) is 58.7 Å². The largest absolute Gasteiger partial charge is 0.658 e. The summed E-state index contributed by atoms with van der Waals surface area (Å²) in [6, 6.07) is 0.367. The number of hydrogen-bond acceptors (Lipinski definition) is 2. The van der Waals surface area contributed by atoms with Gasteiger partial charge in [0.05, 0.1) is 22.3 Å². The minimum absolute atomic E-state index is 0.0876. The molecule has 0 N–H and O–H groups in total. The Labute approximate surface area is 165 Å². The molecule has 2 aromatic rings. The molecular weight excluding hydrogens is 463 g/mol. The summed E-state index contributed by atoms with van der Waals surface area (Å²) >= 11 is 0. The Bertz CT molecular complexity index is 853. The maximum absolute atomic E-state index is 13.0. The zero-order chi connectivity index (χ0) is 23.8. The predicted octanol–water partition coefficient (Wildman–Crippen LogP) is 6.75. The Morgan fingerprint density at radius 1 is 0.484 bits per heavy atom. The Morgan fingerprint density at radius 2 is 0.806 bits per heavy atom. The lowest BCUT2D eigenvalue weighted by molar-refractivity contribution is -0.145. The maximum atomic E-state index is 13.0. The van der Waals surface area contributed by atoms with Crippen LogP contribution in [0, 0.1) is 0 Å². The molecule has 0 atom stereocenters. The van der Waals surface area contributed by atoms with Crippen LogP contribution >= 0.6 is 0 Å². The number of halogens is 12. The highest BCUT2D eigenvalue weighted by molar-refractivity contribution is 6.20. The summed E-state index contributed by atoms with van der Waals surface area (Å²) in [4.78, 5) is 0. The summed E-state index contributed by atoms with van der Waals surface area (Å²) in [6.07, 6.45) is -20.9. The molecule has 2 aromatic carbocycles. The molecule has 1 radical (unpaired) electrons. The second-order valence-corrected chi connectivity index (χ2v) is 5.74. The monoisotopic (exact) mass is 469 g/mol. The van der Waals surface area contributed by atoms with E-state index in [1.807, 2.05) is 0 Å². The lowest BCUT2D eigenvalue weighted by Gasteiger charge is -2.18. The van der Waals surface area contributed by atoms with Crippen molar-refractivity contribution in [3.63, 3.8) is 0 Å². The van der Waals surface area contributed by atoms with E-state index in [0.717, 1.165) is 0 Å². The molecule has 169 valence electrons. The molecule has 0 bridgehead atoms. The van der Waals surface area contributed by atoms with Crippen molar-refractivity contribution in [2.24, 2.45) is 0 Å². The van der Waals surface area contributed by atoms with Crippen LogP contribution < -0.4 is 9.31 Å². The minimum atomic E-state index is -5.34. The Hall–Kier alpha value is -2.74. The van der Waals surface area contributed by atoms with Crippen LogP contribution in [-0.2, 0) is 24.7 Å². The van der Waals surface area contributed by atoms with Crippen molar-refractivity contribution in [2.45, 2.75) is 24.7 Å². The SMILES string of the molecule is FC(F)(F)c1ccc(O[B]Oc2ccc(C(F)(F)F)cc2C(F)(F)F)c(C(F)(F)F)c1. The molecule has 0 saturated heterocycles. The molecule has 0 spiro atoms. The van der Waals surface area contributed by atoms with Crippen LogP contribution in [0.15, 0.2) is 36.4 Å². The molecule has 15 heteroatoms. The highest BCUT2D eigenvalue weighted by atomic mass is 19.4. The molecule has 0 heterocycles. The molecule has 0 aliphatic carbocycles. The summed E-state index contributed by atoms with van der Waals surface area (Å²) in [5, 5.41) is 0. The lowest BCUT2D eigenvalue weighted by Crippen LogP contribution is -2.19. The zero-order valence-corrected chi connectivity index (χ0v) is 14.4. The molecule has 31 heavy (non-hydrogen) atoms. The standard InChI is InChI=1S/C16H6BF12O2/c18-13(19,20)7-1-3-11(9(5-7)15(24,25)26)30-17-31-12-4-2-8(14(21,22)23)6-10(12)16(27,28)29/h1-6H. The summed E-state index contributed by atoms with van der Waals surface area (Å²) in [7, 11) is -0.0876. The molecular formula is C16H6BF12O2. The fourth-order valence-corrected chi connectivity index (χ4v) is 2.19. The zero-order valence-electron chi connectivity index (χ0n) is 14.4. The molecule has 0 amide bonds. The lowest BCUT2D eigenvalue weighted by atomic mass is 10.1. The molecule has 2 nitrogen and oxygen atoms in total. The van der Waals surface area contributed by atoms with Crippen LogP contribution in [0.2, 0.25) is 0 Å². The van der Waals surface area contributed by atoms with Crippen molar-refractivity contribution in [2.75, 3.05) is 0 Å². The highest BCUT2D eigenvalue weighted by Crippen LogP contribution is 2.42. The second-order valence-electron chi connectivity index (χ2n) is 5.74. The van der Waals surface area contributed by atoms with E-state index in [4.69, 9.17) is 0 Å². The quantitative estimate of drug-likeness (QED) is 0.365. The minimum Gasteiger partial charge on any atom is -0.526 e. The van der Waals surface area contributed by atoms with E-state index in [2.05, 4.69) is 9.31 Å². The van der Waals surface area contributed by atoms with E-state index in [1.165, 1.54) is 0 Å². The van der Waals surface area contributed by atoms with Crippen molar-refractivity contribution in [1.29, 1.82) is 0 Å². The van der Waals surface area contributed by atoms with Crippen LogP contribution in [-0.4, -0.2) is 7.69 Å².